The molecule has 5 nitrogen and oxygen atoms in total. The third-order valence-electron chi connectivity index (χ3n) is 5.66. The van der Waals surface area contributed by atoms with Crippen molar-refractivity contribution in [3.63, 3.8) is 0 Å². The molecular weight excluding hydrogens is 374 g/mol. The molecule has 2 aliphatic rings. The van der Waals surface area contributed by atoms with Crippen LogP contribution in [0.4, 0.5) is 0 Å². The van der Waals surface area contributed by atoms with Gasteiger partial charge in [0, 0.05) is 23.6 Å². The number of amides is 1. The van der Waals surface area contributed by atoms with Gasteiger partial charge in [-0.1, -0.05) is 23.7 Å². The average molecular weight is 402 g/mol. The van der Waals surface area contributed by atoms with Crippen LogP contribution in [-0.2, 0) is 24.3 Å². The van der Waals surface area contributed by atoms with Gasteiger partial charge in [-0.25, -0.2) is 0 Å². The first-order valence-electron chi connectivity index (χ1n) is 10.1. The Labute approximate surface area is 171 Å². The maximum absolute atomic E-state index is 12.3. The summed E-state index contributed by atoms with van der Waals surface area (Å²) in [7, 11) is 0. The van der Waals surface area contributed by atoms with Gasteiger partial charge in [0.2, 0.25) is 0 Å². The van der Waals surface area contributed by atoms with E-state index < -0.39 is 0 Å². The molecule has 0 bridgehead atoms. The molecule has 6 heteroatoms. The Morgan fingerprint density at radius 3 is 2.68 bits per heavy atom. The van der Waals surface area contributed by atoms with E-state index in [-0.39, 0.29) is 5.91 Å². The monoisotopic (exact) mass is 401 g/mol. The van der Waals surface area contributed by atoms with E-state index in [0.717, 1.165) is 57.1 Å². The minimum atomic E-state index is 0.108. The summed E-state index contributed by atoms with van der Waals surface area (Å²) in [5.41, 5.74) is 3.77. The first-order chi connectivity index (χ1) is 13.7. The highest BCUT2D eigenvalue weighted by Crippen LogP contribution is 2.25. The highest BCUT2D eigenvalue weighted by atomic mass is 35.5. The molecular formula is C22H28ClN3O2+2. The molecule has 2 heterocycles. The van der Waals surface area contributed by atoms with Crippen LogP contribution in [0, 0.1) is 0 Å². The summed E-state index contributed by atoms with van der Waals surface area (Å²) >= 11 is 5.99. The average Bonchev–Trinajstić information content (AvgIpc) is 3.16. The molecule has 4 rings (SSSR count). The molecule has 28 heavy (non-hydrogen) atoms. The minimum absolute atomic E-state index is 0.108. The fourth-order valence-electron chi connectivity index (χ4n) is 4.09. The van der Waals surface area contributed by atoms with Gasteiger partial charge in [0.25, 0.3) is 5.91 Å². The lowest BCUT2D eigenvalue weighted by molar-refractivity contribution is -1.02. The second kappa shape index (κ2) is 8.95. The molecule has 2 aromatic carbocycles. The third-order valence-corrected chi connectivity index (χ3v) is 5.90. The Hall–Kier alpha value is -2.08. The van der Waals surface area contributed by atoms with Gasteiger partial charge in [0.05, 0.1) is 6.61 Å². The van der Waals surface area contributed by atoms with Gasteiger partial charge in [0.1, 0.15) is 38.5 Å². The van der Waals surface area contributed by atoms with Crippen molar-refractivity contribution in [2.75, 3.05) is 39.3 Å². The van der Waals surface area contributed by atoms with Crippen LogP contribution in [0.5, 0.6) is 5.75 Å². The Morgan fingerprint density at radius 2 is 1.86 bits per heavy atom. The van der Waals surface area contributed by atoms with Crippen molar-refractivity contribution in [3.8, 4) is 5.75 Å². The molecule has 3 N–H and O–H groups in total. The van der Waals surface area contributed by atoms with E-state index in [1.54, 1.807) is 4.90 Å². The third kappa shape index (κ3) is 5.04. The van der Waals surface area contributed by atoms with Crippen LogP contribution in [-0.4, -0.2) is 45.2 Å². The van der Waals surface area contributed by atoms with Crippen LogP contribution in [0.1, 0.15) is 16.7 Å². The van der Waals surface area contributed by atoms with Crippen molar-refractivity contribution in [1.29, 1.82) is 0 Å². The second-order valence-corrected chi connectivity index (χ2v) is 8.24. The van der Waals surface area contributed by atoms with E-state index in [1.165, 1.54) is 16.0 Å². The maximum Gasteiger partial charge on any atom is 0.275 e. The summed E-state index contributed by atoms with van der Waals surface area (Å²) in [5.74, 6) is 1.16. The van der Waals surface area contributed by atoms with E-state index in [0.29, 0.717) is 18.1 Å². The number of nitrogens with one attached hydrogen (secondary N) is 3. The zero-order valence-electron chi connectivity index (χ0n) is 16.1. The molecule has 1 fully saturated rings. The van der Waals surface area contributed by atoms with Crippen molar-refractivity contribution in [1.82, 2.24) is 5.32 Å². The number of rotatable bonds is 6. The Kier molecular flexibility index (Phi) is 6.15. The normalized spacial score (nSPS) is 21.0. The van der Waals surface area contributed by atoms with Gasteiger partial charge in [-0.05, 0) is 41.5 Å². The number of hydrogen-bond acceptors (Lipinski definition) is 2. The Morgan fingerprint density at radius 1 is 1.04 bits per heavy atom. The summed E-state index contributed by atoms with van der Waals surface area (Å²) in [6.07, 6.45) is 1.03. The topological polar surface area (TPSA) is 47.2 Å². The van der Waals surface area contributed by atoms with E-state index in [9.17, 15) is 4.79 Å². The van der Waals surface area contributed by atoms with Crippen LogP contribution in [0.15, 0.2) is 42.5 Å². The summed E-state index contributed by atoms with van der Waals surface area (Å²) in [6.45, 7) is 7.22. The van der Waals surface area contributed by atoms with E-state index in [2.05, 4.69) is 23.5 Å². The molecule has 0 unspecified atom stereocenters. The van der Waals surface area contributed by atoms with Crippen LogP contribution < -0.4 is 19.9 Å². The summed E-state index contributed by atoms with van der Waals surface area (Å²) in [6, 6.07) is 14.2. The number of quaternary nitrogens is 2. The maximum atomic E-state index is 12.3. The largest absolute Gasteiger partial charge is 0.493 e. The van der Waals surface area contributed by atoms with Gasteiger partial charge < -0.3 is 19.9 Å². The second-order valence-electron chi connectivity index (χ2n) is 7.80. The molecule has 0 spiro atoms. The molecule has 2 aliphatic heterocycles. The Bertz CT molecular complexity index is 834. The number of carbonyl (C=O) groups excluding carboxylic acids is 1. The van der Waals surface area contributed by atoms with Crippen molar-refractivity contribution >= 4 is 17.5 Å². The minimum Gasteiger partial charge on any atom is -0.493 e. The number of hydrogen-bond donors (Lipinski definition) is 3. The quantitative estimate of drug-likeness (QED) is 0.632. The number of piperazine rings is 1. The van der Waals surface area contributed by atoms with E-state index in [1.807, 2.05) is 24.3 Å². The van der Waals surface area contributed by atoms with Crippen molar-refractivity contribution in [2.45, 2.75) is 19.5 Å². The molecule has 0 aliphatic carbocycles. The van der Waals surface area contributed by atoms with Crippen molar-refractivity contribution < 1.29 is 19.3 Å². The highest BCUT2D eigenvalue weighted by Gasteiger charge is 2.25. The molecule has 0 radical (unpaired) electrons. The smallest absolute Gasteiger partial charge is 0.275 e. The first-order valence-corrected chi connectivity index (χ1v) is 10.5. The van der Waals surface area contributed by atoms with Gasteiger partial charge in [-0.2, -0.15) is 0 Å². The lowest BCUT2D eigenvalue weighted by Crippen LogP contribution is -3.28. The molecule has 148 valence electrons. The fraction of sp³-hybridized carbons (Fsp3) is 0.409. The van der Waals surface area contributed by atoms with E-state index in [4.69, 9.17) is 16.3 Å². The lowest BCUT2D eigenvalue weighted by Gasteiger charge is -2.29. The van der Waals surface area contributed by atoms with Crippen LogP contribution in [0.25, 0.3) is 0 Å². The molecule has 2 aromatic rings. The predicted molar refractivity (Wildman–Crippen MR) is 109 cm³/mol. The standard InChI is InChI=1S/C22H26ClN3O2/c23-20-3-1-2-17(13-20)14-24-22(27)16-26-9-7-25(8-10-26)15-18-4-5-21-19(12-18)6-11-28-21/h1-5,12-13H,6-11,14-16H2,(H,24,27)/p+2. The Balaban J connectivity index is 1.19. The summed E-state index contributed by atoms with van der Waals surface area (Å²) in [5, 5.41) is 3.71. The zero-order chi connectivity index (χ0) is 19.3. The van der Waals surface area contributed by atoms with Crippen LogP contribution in [0.2, 0.25) is 5.02 Å². The van der Waals surface area contributed by atoms with Gasteiger partial charge in [-0.15, -0.1) is 0 Å². The number of halogens is 1. The number of ether oxygens (including phenoxy) is 1. The molecule has 0 aromatic heterocycles. The van der Waals surface area contributed by atoms with Crippen LogP contribution in [0.3, 0.4) is 0 Å². The predicted octanol–water partition coefficient (Wildman–Crippen LogP) is -0.125. The van der Waals surface area contributed by atoms with Gasteiger partial charge in [0.15, 0.2) is 6.54 Å². The lowest BCUT2D eigenvalue weighted by atomic mass is 10.1. The molecule has 0 atom stereocenters. The molecule has 1 saturated heterocycles. The van der Waals surface area contributed by atoms with E-state index >= 15 is 0 Å². The first kappa shape index (κ1) is 19.2. The number of fused-ring (bicyclic) bond motifs is 1. The summed E-state index contributed by atoms with van der Waals surface area (Å²) < 4.78 is 5.59. The van der Waals surface area contributed by atoms with Gasteiger partial charge >= 0.3 is 0 Å². The molecule has 1 amide bonds. The van der Waals surface area contributed by atoms with Crippen molar-refractivity contribution in [3.05, 3.63) is 64.2 Å². The number of benzene rings is 2. The zero-order valence-corrected chi connectivity index (χ0v) is 16.9. The van der Waals surface area contributed by atoms with Gasteiger partial charge in [-0.3, -0.25) is 4.79 Å². The summed E-state index contributed by atoms with van der Waals surface area (Å²) in [4.78, 5) is 15.2. The van der Waals surface area contributed by atoms with Crippen molar-refractivity contribution in [2.24, 2.45) is 0 Å². The molecule has 0 saturated carbocycles. The van der Waals surface area contributed by atoms with Crippen LogP contribution >= 0.6 is 11.6 Å². The fourth-order valence-corrected chi connectivity index (χ4v) is 4.30. The number of carbonyl (C=O) groups is 1. The SMILES string of the molecule is O=C(C[NH+]1CC[NH+](Cc2ccc3c(c2)CCO3)CC1)NCc1cccc(Cl)c1. The highest BCUT2D eigenvalue weighted by molar-refractivity contribution is 6.30.